The molecule has 1 atom stereocenters. The zero-order valence-electron chi connectivity index (χ0n) is 10.7. The Labute approximate surface area is 116 Å². The van der Waals surface area contributed by atoms with E-state index in [0.717, 1.165) is 0 Å². The van der Waals surface area contributed by atoms with Crippen molar-refractivity contribution in [1.82, 2.24) is 5.32 Å². The van der Waals surface area contributed by atoms with Gasteiger partial charge in [0, 0.05) is 24.9 Å². The fraction of sp³-hybridized carbons (Fsp3) is 0.364. The minimum Gasteiger partial charge on any atom is -0.393 e. The summed E-state index contributed by atoms with van der Waals surface area (Å²) in [6.45, 7) is 2.41. The third kappa shape index (κ3) is 4.68. The molecule has 1 aromatic rings. The maximum Gasteiger partial charge on any atom is 0.294 e. The molecule has 0 aromatic heterocycles. The van der Waals surface area contributed by atoms with E-state index in [1.165, 1.54) is 12.1 Å². The Balaban J connectivity index is 2.69. The Morgan fingerprint density at radius 2 is 2.32 bits per heavy atom. The van der Waals surface area contributed by atoms with Gasteiger partial charge >= 0.3 is 0 Å². The Bertz CT molecular complexity index is 481. The van der Waals surface area contributed by atoms with Crippen LogP contribution in [-0.4, -0.2) is 29.8 Å². The Hall–Kier alpha value is -1.93. The van der Waals surface area contributed by atoms with E-state index in [1.807, 2.05) is 6.92 Å². The minimum atomic E-state index is -0.537. The minimum absolute atomic E-state index is 0.0359. The second kappa shape index (κ2) is 6.86. The molecule has 104 valence electrons. The van der Waals surface area contributed by atoms with Gasteiger partial charge in [-0.1, -0.05) is 0 Å². The number of nitrogens with one attached hydrogen (secondary N) is 2. The topological polar surface area (TPSA) is 102 Å². The first kappa shape index (κ1) is 15.1. The number of anilines is 2. The van der Waals surface area contributed by atoms with Crippen LogP contribution in [0.4, 0.5) is 17.1 Å². The molecule has 1 rings (SSSR count). The number of methoxy groups -OCH3 is 1. The van der Waals surface area contributed by atoms with Crippen LogP contribution in [0.1, 0.15) is 6.92 Å². The van der Waals surface area contributed by atoms with E-state index in [0.29, 0.717) is 17.4 Å². The molecule has 0 amide bonds. The van der Waals surface area contributed by atoms with Crippen molar-refractivity contribution in [2.45, 2.75) is 13.0 Å². The third-order valence-electron chi connectivity index (χ3n) is 2.28. The van der Waals surface area contributed by atoms with E-state index in [1.54, 1.807) is 13.2 Å². The van der Waals surface area contributed by atoms with Gasteiger partial charge in [0.25, 0.3) is 5.69 Å². The summed E-state index contributed by atoms with van der Waals surface area (Å²) < 4.78 is 4.97. The summed E-state index contributed by atoms with van der Waals surface area (Å²) in [5, 5.41) is 17.0. The van der Waals surface area contributed by atoms with Crippen LogP contribution in [0.25, 0.3) is 0 Å². The van der Waals surface area contributed by atoms with Crippen LogP contribution in [-0.2, 0) is 4.74 Å². The highest BCUT2D eigenvalue weighted by molar-refractivity contribution is 7.80. The van der Waals surface area contributed by atoms with Gasteiger partial charge in [-0.15, -0.1) is 0 Å². The van der Waals surface area contributed by atoms with Crippen molar-refractivity contribution in [3.05, 3.63) is 28.3 Å². The number of nitro benzene ring substituents is 1. The lowest BCUT2D eigenvalue weighted by atomic mass is 10.2. The molecule has 0 aliphatic heterocycles. The molecule has 1 aromatic carbocycles. The lowest BCUT2D eigenvalue weighted by Crippen LogP contribution is -2.38. The first-order valence-electron chi connectivity index (χ1n) is 5.54. The predicted octanol–water partition coefficient (Wildman–Crippen LogP) is 1.50. The van der Waals surface area contributed by atoms with Gasteiger partial charge in [-0.2, -0.15) is 0 Å². The third-order valence-corrected chi connectivity index (χ3v) is 2.50. The van der Waals surface area contributed by atoms with Crippen molar-refractivity contribution in [2.24, 2.45) is 0 Å². The first-order valence-corrected chi connectivity index (χ1v) is 5.95. The van der Waals surface area contributed by atoms with Gasteiger partial charge in [0.1, 0.15) is 5.69 Å². The maximum atomic E-state index is 10.8. The van der Waals surface area contributed by atoms with Gasteiger partial charge < -0.3 is 21.1 Å². The van der Waals surface area contributed by atoms with E-state index in [4.69, 9.17) is 22.7 Å². The largest absolute Gasteiger partial charge is 0.393 e. The summed E-state index contributed by atoms with van der Waals surface area (Å²) >= 11 is 5.09. The summed E-state index contributed by atoms with van der Waals surface area (Å²) in [6.07, 6.45) is 0. The Morgan fingerprint density at radius 3 is 2.89 bits per heavy atom. The summed E-state index contributed by atoms with van der Waals surface area (Å²) in [6, 6.07) is 4.46. The van der Waals surface area contributed by atoms with E-state index in [-0.39, 0.29) is 17.4 Å². The van der Waals surface area contributed by atoms with Gasteiger partial charge in [-0.05, 0) is 31.3 Å². The van der Waals surface area contributed by atoms with Gasteiger partial charge in [0.2, 0.25) is 0 Å². The number of thiocarbonyl (C=S) groups is 1. The summed E-state index contributed by atoms with van der Waals surface area (Å²) in [5.41, 5.74) is 5.97. The van der Waals surface area contributed by atoms with Crippen molar-refractivity contribution in [3.8, 4) is 0 Å². The molecule has 0 heterocycles. The summed E-state index contributed by atoms with van der Waals surface area (Å²) in [5.74, 6) is 0. The van der Waals surface area contributed by atoms with E-state index in [2.05, 4.69) is 10.6 Å². The molecule has 19 heavy (non-hydrogen) atoms. The summed E-state index contributed by atoms with van der Waals surface area (Å²) in [7, 11) is 1.60. The highest BCUT2D eigenvalue weighted by atomic mass is 32.1. The Morgan fingerprint density at radius 1 is 1.63 bits per heavy atom. The van der Waals surface area contributed by atoms with Crippen molar-refractivity contribution < 1.29 is 9.66 Å². The number of rotatable bonds is 5. The average Bonchev–Trinajstić information content (AvgIpc) is 2.31. The molecule has 1 unspecified atom stereocenters. The first-order chi connectivity index (χ1) is 8.93. The highest BCUT2D eigenvalue weighted by Gasteiger charge is 2.12. The molecule has 0 saturated heterocycles. The number of ether oxygens (including phenoxy) is 1. The zero-order chi connectivity index (χ0) is 14.4. The zero-order valence-corrected chi connectivity index (χ0v) is 11.5. The maximum absolute atomic E-state index is 10.8. The van der Waals surface area contributed by atoms with Crippen LogP contribution in [0.15, 0.2) is 18.2 Å². The molecule has 8 heteroatoms. The van der Waals surface area contributed by atoms with Crippen LogP contribution in [0.5, 0.6) is 0 Å². The molecule has 0 aliphatic carbocycles. The second-order valence-corrected chi connectivity index (χ2v) is 4.39. The van der Waals surface area contributed by atoms with Crippen LogP contribution in [0.3, 0.4) is 0 Å². The van der Waals surface area contributed by atoms with Gasteiger partial charge in [0.05, 0.1) is 11.5 Å². The van der Waals surface area contributed by atoms with Crippen LogP contribution in [0.2, 0.25) is 0 Å². The lowest BCUT2D eigenvalue weighted by molar-refractivity contribution is -0.383. The average molecular weight is 284 g/mol. The molecule has 0 saturated carbocycles. The fourth-order valence-electron chi connectivity index (χ4n) is 1.46. The van der Waals surface area contributed by atoms with Crippen LogP contribution in [0, 0.1) is 10.1 Å². The quantitative estimate of drug-likeness (QED) is 0.326. The molecule has 7 nitrogen and oxygen atoms in total. The number of benzene rings is 1. The van der Waals surface area contributed by atoms with Crippen molar-refractivity contribution >= 4 is 34.4 Å². The predicted molar refractivity (Wildman–Crippen MR) is 78.2 cm³/mol. The van der Waals surface area contributed by atoms with Crippen molar-refractivity contribution in [1.29, 1.82) is 0 Å². The molecule has 0 spiro atoms. The Kier molecular flexibility index (Phi) is 5.46. The highest BCUT2D eigenvalue weighted by Crippen LogP contribution is 2.24. The standard InChI is InChI=1S/C11H16N4O3S/c1-7(6-18-2)13-11(19)14-8-3-4-9(12)10(5-8)15(16)17/h3-5,7H,6,12H2,1-2H3,(H2,13,14,19). The van der Waals surface area contributed by atoms with Crippen molar-refractivity contribution in [3.63, 3.8) is 0 Å². The SMILES string of the molecule is COCC(C)NC(=S)Nc1ccc(N)c([N+](=O)[O-])c1. The van der Waals surface area contributed by atoms with Crippen LogP contribution < -0.4 is 16.4 Å². The number of nitro groups is 1. The smallest absolute Gasteiger partial charge is 0.294 e. The fourth-order valence-corrected chi connectivity index (χ4v) is 1.78. The molecule has 0 bridgehead atoms. The number of hydrogen-bond donors (Lipinski definition) is 3. The van der Waals surface area contributed by atoms with E-state index in [9.17, 15) is 10.1 Å². The number of nitrogen functional groups attached to an aromatic ring is 1. The van der Waals surface area contributed by atoms with Crippen molar-refractivity contribution in [2.75, 3.05) is 24.8 Å². The van der Waals surface area contributed by atoms with Gasteiger partial charge in [-0.25, -0.2) is 0 Å². The molecule has 0 radical (unpaired) electrons. The van der Waals surface area contributed by atoms with E-state index < -0.39 is 4.92 Å². The van der Waals surface area contributed by atoms with E-state index >= 15 is 0 Å². The molecule has 0 aliphatic rings. The molecule has 4 N–H and O–H groups in total. The van der Waals surface area contributed by atoms with Crippen LogP contribution >= 0.6 is 12.2 Å². The number of hydrogen-bond acceptors (Lipinski definition) is 5. The summed E-state index contributed by atoms with van der Waals surface area (Å²) in [4.78, 5) is 10.2. The lowest BCUT2D eigenvalue weighted by Gasteiger charge is -2.16. The monoisotopic (exact) mass is 284 g/mol. The van der Waals surface area contributed by atoms with Gasteiger partial charge in [0.15, 0.2) is 5.11 Å². The molecular weight excluding hydrogens is 268 g/mol. The molecule has 0 fully saturated rings. The molecular formula is C11H16N4O3S. The number of nitrogens with zero attached hydrogens (tertiary/aromatic N) is 1. The van der Waals surface area contributed by atoms with Gasteiger partial charge in [-0.3, -0.25) is 10.1 Å². The number of nitrogens with two attached hydrogens (primary N) is 1. The normalized spacial score (nSPS) is 11.7. The second-order valence-electron chi connectivity index (χ2n) is 3.99.